The largest absolute Gasteiger partial charge is 0.354 e. The van der Waals surface area contributed by atoms with E-state index in [-0.39, 0.29) is 6.04 Å². The van der Waals surface area contributed by atoms with Gasteiger partial charge in [0, 0.05) is 25.0 Å². The molecule has 0 bridgehead atoms. The lowest BCUT2D eigenvalue weighted by molar-refractivity contribution is 0.568. The first-order valence-electron chi connectivity index (χ1n) is 6.15. The lowest BCUT2D eigenvalue weighted by atomic mass is 10.1. The highest BCUT2D eigenvalue weighted by Crippen LogP contribution is 2.11. The normalized spacial score (nSPS) is 13.0. The Morgan fingerprint density at radius 1 is 1.27 bits per heavy atom. The first-order chi connectivity index (χ1) is 7.24. The van der Waals surface area contributed by atoms with Crippen molar-refractivity contribution in [3.8, 4) is 0 Å². The zero-order valence-corrected chi connectivity index (χ0v) is 10.1. The molecule has 1 heterocycles. The van der Waals surface area contributed by atoms with Crippen molar-refractivity contribution in [1.82, 2.24) is 4.57 Å². The minimum atomic E-state index is 0.159. The molecule has 86 valence electrons. The third-order valence-electron chi connectivity index (χ3n) is 2.82. The Morgan fingerprint density at radius 2 is 2.00 bits per heavy atom. The van der Waals surface area contributed by atoms with Crippen molar-refractivity contribution in [1.29, 1.82) is 0 Å². The number of hydrogen-bond donors (Lipinski definition) is 1. The molecule has 1 atom stereocenters. The Kier molecular flexibility index (Phi) is 5.48. The van der Waals surface area contributed by atoms with Crippen LogP contribution in [-0.4, -0.2) is 4.57 Å². The number of unbranched alkanes of at least 4 members (excludes halogenated alkanes) is 4. The summed E-state index contributed by atoms with van der Waals surface area (Å²) in [6.07, 6.45) is 11.0. The standard InChI is InChI=1S/C13H24N2/c1-3-4-5-6-7-9-15-10-8-13(11-15)12(2)14/h8,10-12H,3-7,9,14H2,1-2H3. The van der Waals surface area contributed by atoms with E-state index in [9.17, 15) is 0 Å². The van der Waals surface area contributed by atoms with Gasteiger partial charge in [-0.15, -0.1) is 0 Å². The molecule has 1 aromatic rings. The summed E-state index contributed by atoms with van der Waals surface area (Å²) in [6.45, 7) is 5.41. The highest BCUT2D eigenvalue weighted by atomic mass is 14.9. The molecule has 0 saturated carbocycles. The molecule has 15 heavy (non-hydrogen) atoms. The van der Waals surface area contributed by atoms with Crippen LogP contribution in [0, 0.1) is 0 Å². The van der Waals surface area contributed by atoms with Crippen LogP contribution >= 0.6 is 0 Å². The van der Waals surface area contributed by atoms with Gasteiger partial charge in [0.1, 0.15) is 0 Å². The van der Waals surface area contributed by atoms with Crippen LogP contribution in [0.5, 0.6) is 0 Å². The highest BCUT2D eigenvalue weighted by Gasteiger charge is 2.00. The van der Waals surface area contributed by atoms with Crippen LogP contribution in [-0.2, 0) is 6.54 Å². The quantitative estimate of drug-likeness (QED) is 0.683. The number of aromatic nitrogens is 1. The predicted molar refractivity (Wildman–Crippen MR) is 65.8 cm³/mol. The van der Waals surface area contributed by atoms with Gasteiger partial charge >= 0.3 is 0 Å². The third-order valence-corrected chi connectivity index (χ3v) is 2.82. The zero-order valence-electron chi connectivity index (χ0n) is 10.1. The predicted octanol–water partition coefficient (Wildman–Crippen LogP) is 3.48. The highest BCUT2D eigenvalue weighted by molar-refractivity contribution is 5.13. The maximum Gasteiger partial charge on any atom is 0.0281 e. The third kappa shape index (κ3) is 4.52. The molecular weight excluding hydrogens is 184 g/mol. The Bertz CT molecular complexity index is 263. The van der Waals surface area contributed by atoms with Crippen LogP contribution in [0.1, 0.15) is 57.6 Å². The van der Waals surface area contributed by atoms with Crippen molar-refractivity contribution in [3.05, 3.63) is 24.0 Å². The molecule has 2 N–H and O–H groups in total. The van der Waals surface area contributed by atoms with Crippen molar-refractivity contribution >= 4 is 0 Å². The van der Waals surface area contributed by atoms with Gasteiger partial charge in [-0.1, -0.05) is 32.6 Å². The van der Waals surface area contributed by atoms with Gasteiger partial charge in [-0.2, -0.15) is 0 Å². The summed E-state index contributed by atoms with van der Waals surface area (Å²) in [5.41, 5.74) is 7.05. The van der Waals surface area contributed by atoms with Crippen molar-refractivity contribution in [2.24, 2.45) is 5.73 Å². The Labute approximate surface area is 93.5 Å². The van der Waals surface area contributed by atoms with E-state index in [1.54, 1.807) is 0 Å². The van der Waals surface area contributed by atoms with Crippen LogP contribution in [0.4, 0.5) is 0 Å². The Morgan fingerprint density at radius 3 is 2.60 bits per heavy atom. The molecule has 0 amide bonds. The number of aryl methyl sites for hydroxylation is 1. The maximum atomic E-state index is 5.81. The lowest BCUT2D eigenvalue weighted by Gasteiger charge is -2.03. The topological polar surface area (TPSA) is 30.9 Å². The molecule has 0 radical (unpaired) electrons. The van der Waals surface area contributed by atoms with Gasteiger partial charge in [0.05, 0.1) is 0 Å². The number of nitrogens with zero attached hydrogens (tertiary/aromatic N) is 1. The van der Waals surface area contributed by atoms with Gasteiger partial charge in [0.25, 0.3) is 0 Å². The van der Waals surface area contributed by atoms with Gasteiger partial charge in [-0.25, -0.2) is 0 Å². The van der Waals surface area contributed by atoms with Crippen molar-refractivity contribution in [2.45, 2.75) is 58.5 Å². The fourth-order valence-electron chi connectivity index (χ4n) is 1.77. The van der Waals surface area contributed by atoms with Crippen LogP contribution in [0.15, 0.2) is 18.5 Å². The van der Waals surface area contributed by atoms with E-state index in [1.807, 2.05) is 6.92 Å². The lowest BCUT2D eigenvalue weighted by Crippen LogP contribution is -2.03. The summed E-state index contributed by atoms with van der Waals surface area (Å²) in [6, 6.07) is 2.28. The summed E-state index contributed by atoms with van der Waals surface area (Å²) in [5, 5.41) is 0. The number of hydrogen-bond acceptors (Lipinski definition) is 1. The SMILES string of the molecule is CCCCCCCn1ccc(C(C)N)c1. The van der Waals surface area contributed by atoms with E-state index in [4.69, 9.17) is 5.73 Å². The second-order valence-electron chi connectivity index (χ2n) is 4.39. The average molecular weight is 208 g/mol. The fourth-order valence-corrected chi connectivity index (χ4v) is 1.77. The van der Waals surface area contributed by atoms with Gasteiger partial charge in [0.2, 0.25) is 0 Å². The van der Waals surface area contributed by atoms with Gasteiger partial charge in [-0.3, -0.25) is 0 Å². The van der Waals surface area contributed by atoms with E-state index >= 15 is 0 Å². The molecule has 2 heteroatoms. The Balaban J connectivity index is 2.20. The minimum Gasteiger partial charge on any atom is -0.354 e. The smallest absolute Gasteiger partial charge is 0.0281 e. The molecule has 1 unspecified atom stereocenters. The summed E-state index contributed by atoms with van der Waals surface area (Å²) in [5.74, 6) is 0. The summed E-state index contributed by atoms with van der Waals surface area (Å²) in [7, 11) is 0. The van der Waals surface area contributed by atoms with Crippen molar-refractivity contribution in [3.63, 3.8) is 0 Å². The van der Waals surface area contributed by atoms with Crippen molar-refractivity contribution in [2.75, 3.05) is 0 Å². The number of rotatable bonds is 7. The molecule has 0 aliphatic carbocycles. The van der Waals surface area contributed by atoms with Crippen LogP contribution in [0.3, 0.4) is 0 Å². The molecule has 0 aliphatic rings. The molecule has 0 aromatic carbocycles. The molecular formula is C13H24N2. The maximum absolute atomic E-state index is 5.81. The van der Waals surface area contributed by atoms with Crippen LogP contribution in [0.25, 0.3) is 0 Å². The van der Waals surface area contributed by atoms with Crippen LogP contribution < -0.4 is 5.73 Å². The number of nitrogens with two attached hydrogens (primary N) is 1. The second-order valence-corrected chi connectivity index (χ2v) is 4.39. The summed E-state index contributed by atoms with van der Waals surface area (Å²) in [4.78, 5) is 0. The fraction of sp³-hybridized carbons (Fsp3) is 0.692. The van der Waals surface area contributed by atoms with Gasteiger partial charge < -0.3 is 10.3 Å². The molecule has 0 saturated heterocycles. The van der Waals surface area contributed by atoms with Gasteiger partial charge in [0.15, 0.2) is 0 Å². The van der Waals surface area contributed by atoms with E-state index in [0.717, 1.165) is 6.54 Å². The molecule has 0 fully saturated rings. The zero-order chi connectivity index (χ0) is 11.1. The van der Waals surface area contributed by atoms with Gasteiger partial charge in [-0.05, 0) is 25.0 Å². The minimum absolute atomic E-state index is 0.159. The molecule has 1 aromatic heterocycles. The first kappa shape index (κ1) is 12.3. The summed E-state index contributed by atoms with van der Waals surface area (Å²) >= 11 is 0. The second kappa shape index (κ2) is 6.67. The summed E-state index contributed by atoms with van der Waals surface area (Å²) < 4.78 is 2.25. The van der Waals surface area contributed by atoms with E-state index in [0.29, 0.717) is 0 Å². The molecule has 0 aliphatic heterocycles. The van der Waals surface area contributed by atoms with Crippen LogP contribution in [0.2, 0.25) is 0 Å². The Hall–Kier alpha value is -0.760. The first-order valence-corrected chi connectivity index (χ1v) is 6.15. The van der Waals surface area contributed by atoms with E-state index in [1.165, 1.54) is 37.7 Å². The van der Waals surface area contributed by atoms with Crippen molar-refractivity contribution < 1.29 is 0 Å². The van der Waals surface area contributed by atoms with E-state index in [2.05, 4.69) is 30.0 Å². The average Bonchev–Trinajstić information content (AvgIpc) is 2.66. The molecule has 0 spiro atoms. The van der Waals surface area contributed by atoms with E-state index < -0.39 is 0 Å². The monoisotopic (exact) mass is 208 g/mol. The molecule has 1 rings (SSSR count). The molecule has 2 nitrogen and oxygen atoms in total.